The van der Waals surface area contributed by atoms with E-state index in [-0.39, 0.29) is 14.9 Å². The van der Waals surface area contributed by atoms with Crippen LogP contribution in [0.15, 0.2) is 22.3 Å². The zero-order chi connectivity index (χ0) is 13.5. The van der Waals surface area contributed by atoms with E-state index in [2.05, 4.69) is 69.2 Å². The maximum Gasteiger partial charge on any atom is -0.0260 e. The van der Waals surface area contributed by atoms with Crippen molar-refractivity contribution in [2.45, 2.75) is 84.1 Å². The Labute approximate surface area is 119 Å². The van der Waals surface area contributed by atoms with E-state index in [9.17, 15) is 0 Å². The molecule has 0 spiro atoms. The molecule has 0 nitrogen and oxygen atoms in total. The van der Waals surface area contributed by atoms with Gasteiger partial charge in [-0.15, -0.1) is 0 Å². The number of hydrogen-bond acceptors (Lipinski definition) is 0. The zero-order valence-corrected chi connectivity index (χ0v) is 13.2. The third-order valence-electron chi connectivity index (χ3n) is 3.31. The molecule has 0 amide bonds. The van der Waals surface area contributed by atoms with E-state index < -0.39 is 0 Å². The molecule has 0 saturated carbocycles. The van der Waals surface area contributed by atoms with Crippen molar-refractivity contribution in [3.8, 4) is 0 Å². The zero-order valence-electron chi connectivity index (χ0n) is 13.2. The van der Waals surface area contributed by atoms with Crippen LogP contribution in [-0.4, -0.2) is 0 Å². The summed E-state index contributed by atoms with van der Waals surface area (Å²) in [5.41, 5.74) is 5.95. The maximum atomic E-state index is 2.22. The Bertz CT molecular complexity index is 213. The second-order valence-electron chi connectivity index (χ2n) is 5.68. The van der Waals surface area contributed by atoms with Gasteiger partial charge in [-0.05, 0) is 53.4 Å². The van der Waals surface area contributed by atoms with Gasteiger partial charge in [0.2, 0.25) is 0 Å². The van der Waals surface area contributed by atoms with E-state index in [0.717, 1.165) is 11.8 Å². The van der Waals surface area contributed by atoms with Crippen molar-refractivity contribution in [1.82, 2.24) is 0 Å². The molecule has 0 aromatic rings. The minimum Gasteiger partial charge on any atom is -0.0776 e. The van der Waals surface area contributed by atoms with Crippen LogP contribution in [0.3, 0.4) is 0 Å². The van der Waals surface area contributed by atoms with E-state index in [1.165, 1.54) is 22.3 Å². The summed E-state index contributed by atoms with van der Waals surface area (Å²) in [6, 6.07) is 0. The van der Waals surface area contributed by atoms with Gasteiger partial charge in [-0.3, -0.25) is 0 Å². The molecule has 18 heavy (non-hydrogen) atoms. The Balaban J connectivity index is -0.0000000980. The average molecular weight is 257 g/mol. The monoisotopic (exact) mass is 256 g/mol. The smallest absolute Gasteiger partial charge is 0.0260 e. The summed E-state index contributed by atoms with van der Waals surface area (Å²) in [6.45, 7) is 21.9. The molecule has 0 saturated heterocycles. The molecule has 0 heteroatoms. The molecule has 0 rings (SSSR count). The van der Waals surface area contributed by atoms with Crippen molar-refractivity contribution < 1.29 is 0 Å². The maximum absolute atomic E-state index is 2.22. The first-order chi connectivity index (χ1) is 7.11. The van der Waals surface area contributed by atoms with Gasteiger partial charge >= 0.3 is 0 Å². The number of allylic oxidation sites excluding steroid dienone is 4. The van der Waals surface area contributed by atoms with E-state index in [1.807, 2.05) is 0 Å². The lowest BCUT2D eigenvalue weighted by molar-refractivity contribution is 0.756. The van der Waals surface area contributed by atoms with Crippen molar-refractivity contribution in [1.29, 1.82) is 0 Å². The Kier molecular flexibility index (Phi) is 18.8. The lowest BCUT2D eigenvalue weighted by Gasteiger charge is -2.05. The molecular formula is C18H40. The van der Waals surface area contributed by atoms with Gasteiger partial charge in [0.05, 0.1) is 0 Å². The first-order valence-electron chi connectivity index (χ1n) is 6.39. The van der Waals surface area contributed by atoms with Gasteiger partial charge in [-0.2, -0.15) is 0 Å². The second kappa shape index (κ2) is 12.9. The largest absolute Gasteiger partial charge is 0.0776 e. The van der Waals surface area contributed by atoms with Crippen LogP contribution in [0.4, 0.5) is 0 Å². The van der Waals surface area contributed by atoms with E-state index >= 15 is 0 Å². The van der Waals surface area contributed by atoms with E-state index in [4.69, 9.17) is 0 Å². The fraction of sp³-hybridized carbons (Fsp3) is 0.778. The summed E-state index contributed by atoms with van der Waals surface area (Å²) < 4.78 is 0. The number of hydrogen-bond donors (Lipinski definition) is 0. The highest BCUT2D eigenvalue weighted by molar-refractivity contribution is 5.08. The molecular weight excluding hydrogens is 216 g/mol. The van der Waals surface area contributed by atoms with Gasteiger partial charge in [-0.25, -0.2) is 0 Å². The molecule has 112 valence electrons. The quantitative estimate of drug-likeness (QED) is 0.456. The summed E-state index contributed by atoms with van der Waals surface area (Å²) in [7, 11) is 0. The molecule has 0 radical (unpaired) electrons. The normalized spacial score (nSPS) is 8.67. The van der Waals surface area contributed by atoms with Crippen LogP contribution in [0.1, 0.15) is 84.1 Å². The third kappa shape index (κ3) is 13.5. The van der Waals surface area contributed by atoms with Gasteiger partial charge in [0.25, 0.3) is 0 Å². The summed E-state index contributed by atoms with van der Waals surface area (Å²) in [5.74, 6) is 1.44. The van der Waals surface area contributed by atoms with Gasteiger partial charge in [0, 0.05) is 0 Å². The third-order valence-corrected chi connectivity index (χ3v) is 3.31. The van der Waals surface area contributed by atoms with Crippen LogP contribution < -0.4 is 0 Å². The molecule has 0 aliphatic rings. The van der Waals surface area contributed by atoms with Crippen LogP contribution in [0.25, 0.3) is 0 Å². The topological polar surface area (TPSA) is 0 Å². The van der Waals surface area contributed by atoms with Crippen LogP contribution in [-0.2, 0) is 0 Å². The highest BCUT2D eigenvalue weighted by atomic mass is 14.0. The Morgan fingerprint density at radius 1 is 0.500 bits per heavy atom. The van der Waals surface area contributed by atoms with Crippen LogP contribution in [0.2, 0.25) is 0 Å². The van der Waals surface area contributed by atoms with Crippen molar-refractivity contribution in [2.24, 2.45) is 11.8 Å². The highest BCUT2D eigenvalue weighted by Crippen LogP contribution is 2.12. The molecule has 0 aliphatic heterocycles. The minimum atomic E-state index is 0. The van der Waals surface area contributed by atoms with E-state index in [1.54, 1.807) is 0 Å². The Morgan fingerprint density at radius 2 is 0.667 bits per heavy atom. The standard InChI is InChI=1S/2C8H16.2CH4/c2*1-6(2)8(5)7(3)4;;/h2*6H,1-5H3;2*1H4. The highest BCUT2D eigenvalue weighted by Gasteiger charge is 1.96. The molecule has 0 aliphatic carbocycles. The van der Waals surface area contributed by atoms with Crippen molar-refractivity contribution in [3.05, 3.63) is 22.3 Å². The summed E-state index contributed by atoms with van der Waals surface area (Å²) in [4.78, 5) is 0. The van der Waals surface area contributed by atoms with Crippen LogP contribution in [0.5, 0.6) is 0 Å². The molecule has 0 aromatic carbocycles. The first-order valence-corrected chi connectivity index (χ1v) is 6.39. The average Bonchev–Trinajstić information content (AvgIpc) is 2.15. The van der Waals surface area contributed by atoms with E-state index in [0.29, 0.717) is 0 Å². The Morgan fingerprint density at radius 3 is 0.667 bits per heavy atom. The minimum absolute atomic E-state index is 0. The summed E-state index contributed by atoms with van der Waals surface area (Å²) in [6.07, 6.45) is 0. The van der Waals surface area contributed by atoms with Gasteiger partial charge in [0.1, 0.15) is 0 Å². The van der Waals surface area contributed by atoms with Gasteiger partial charge in [0.15, 0.2) is 0 Å². The van der Waals surface area contributed by atoms with Crippen molar-refractivity contribution in [3.63, 3.8) is 0 Å². The first kappa shape index (κ1) is 26.1. The fourth-order valence-electron chi connectivity index (χ4n) is 1.15. The van der Waals surface area contributed by atoms with Crippen LogP contribution >= 0.6 is 0 Å². The lowest BCUT2D eigenvalue weighted by Crippen LogP contribution is -1.89. The van der Waals surface area contributed by atoms with Gasteiger partial charge < -0.3 is 0 Å². The molecule has 0 bridgehead atoms. The van der Waals surface area contributed by atoms with Crippen molar-refractivity contribution in [2.75, 3.05) is 0 Å². The lowest BCUT2D eigenvalue weighted by atomic mass is 10.0. The van der Waals surface area contributed by atoms with Gasteiger partial charge in [-0.1, -0.05) is 64.8 Å². The predicted octanol–water partition coefficient (Wildman–Crippen LogP) is 7.27. The Hall–Kier alpha value is -0.520. The molecule has 0 heterocycles. The molecule has 0 aromatic heterocycles. The second-order valence-corrected chi connectivity index (χ2v) is 5.68. The predicted molar refractivity (Wildman–Crippen MR) is 91.2 cm³/mol. The SMILES string of the molecule is C.C.CC(C)=C(C)C(C)C.CC(C)=C(C)C(C)C. The summed E-state index contributed by atoms with van der Waals surface area (Å²) in [5, 5.41) is 0. The number of rotatable bonds is 2. The van der Waals surface area contributed by atoms with Crippen molar-refractivity contribution >= 4 is 0 Å². The van der Waals surface area contributed by atoms with Crippen LogP contribution in [0, 0.1) is 11.8 Å². The molecule has 0 N–H and O–H groups in total. The molecule has 0 atom stereocenters. The molecule has 0 fully saturated rings. The fourth-order valence-corrected chi connectivity index (χ4v) is 1.15. The molecule has 0 unspecified atom stereocenters. The summed E-state index contributed by atoms with van der Waals surface area (Å²) >= 11 is 0.